The highest BCUT2D eigenvalue weighted by molar-refractivity contribution is 5.85. The molecule has 0 bridgehead atoms. The van der Waals surface area contributed by atoms with Gasteiger partial charge < -0.3 is 15.5 Å². The van der Waals surface area contributed by atoms with Crippen molar-refractivity contribution >= 4 is 22.6 Å². The van der Waals surface area contributed by atoms with Gasteiger partial charge in [-0.05, 0) is 48.9 Å². The predicted octanol–water partition coefficient (Wildman–Crippen LogP) is 4.06. The summed E-state index contributed by atoms with van der Waals surface area (Å²) in [7, 11) is 0. The summed E-state index contributed by atoms with van der Waals surface area (Å²) >= 11 is 0. The van der Waals surface area contributed by atoms with Crippen LogP contribution in [0.2, 0.25) is 0 Å². The molecule has 4 heteroatoms. The van der Waals surface area contributed by atoms with Crippen molar-refractivity contribution in [1.82, 2.24) is 5.32 Å². The zero-order chi connectivity index (χ0) is 17.9. The lowest BCUT2D eigenvalue weighted by atomic mass is 10.0. The molecule has 4 nitrogen and oxygen atoms in total. The number of anilines is 1. The first-order chi connectivity index (χ1) is 12.7. The number of benzene rings is 2. The zero-order valence-corrected chi connectivity index (χ0v) is 14.8. The maximum Gasteiger partial charge on any atom is 0.220 e. The molecule has 1 aromatic heterocycles. The molecular formula is C22H24N2O2. The minimum atomic E-state index is 0.157. The Balaban J connectivity index is 1.54. The Hall–Kier alpha value is -2.75. The molecule has 0 unspecified atom stereocenters. The molecule has 1 fully saturated rings. The summed E-state index contributed by atoms with van der Waals surface area (Å²) in [5.41, 5.74) is 9.91. The number of hydrogen-bond donors (Lipinski definition) is 2. The van der Waals surface area contributed by atoms with Crippen molar-refractivity contribution in [3.05, 3.63) is 65.4 Å². The average Bonchev–Trinajstić information content (AvgIpc) is 3.38. The molecular weight excluding hydrogens is 324 g/mol. The van der Waals surface area contributed by atoms with E-state index in [0.717, 1.165) is 40.8 Å². The average molecular weight is 348 g/mol. The van der Waals surface area contributed by atoms with Gasteiger partial charge in [0.1, 0.15) is 11.3 Å². The fraction of sp³-hybridized carbons (Fsp3) is 0.318. The number of carbonyl (C=O) groups excluding carboxylic acids is 1. The summed E-state index contributed by atoms with van der Waals surface area (Å²) in [6, 6.07) is 16.0. The van der Waals surface area contributed by atoms with E-state index in [-0.39, 0.29) is 5.91 Å². The van der Waals surface area contributed by atoms with Gasteiger partial charge >= 0.3 is 0 Å². The molecule has 2 aromatic carbocycles. The SMILES string of the molecule is Nc1ccc2oc(Cc3ccccc3)c(CCNC(=O)CC3CC3)c2c1. The molecule has 1 saturated carbocycles. The van der Waals surface area contributed by atoms with Crippen molar-refractivity contribution in [2.45, 2.75) is 32.1 Å². The summed E-state index contributed by atoms with van der Waals surface area (Å²) in [6.45, 7) is 0.622. The van der Waals surface area contributed by atoms with E-state index in [4.69, 9.17) is 10.2 Å². The van der Waals surface area contributed by atoms with Gasteiger partial charge in [-0.3, -0.25) is 4.79 Å². The standard InChI is InChI=1S/C22H24N2O2/c23-17-8-9-20-19(14-17)18(10-11-24-22(25)13-16-6-7-16)21(26-20)12-15-4-2-1-3-5-15/h1-5,8-9,14,16H,6-7,10-13,23H2,(H,24,25). The third-order valence-electron chi connectivity index (χ3n) is 4.97. The van der Waals surface area contributed by atoms with Gasteiger partial charge in [0.05, 0.1) is 0 Å². The Bertz CT molecular complexity index is 911. The maximum absolute atomic E-state index is 12.0. The van der Waals surface area contributed by atoms with Gasteiger partial charge in [-0.25, -0.2) is 0 Å². The van der Waals surface area contributed by atoms with Crippen molar-refractivity contribution in [3.63, 3.8) is 0 Å². The molecule has 1 heterocycles. The number of nitrogens with one attached hydrogen (secondary N) is 1. The van der Waals surface area contributed by atoms with Crippen molar-refractivity contribution in [1.29, 1.82) is 0 Å². The minimum absolute atomic E-state index is 0.157. The third kappa shape index (κ3) is 3.90. The van der Waals surface area contributed by atoms with Crippen molar-refractivity contribution in [3.8, 4) is 0 Å². The van der Waals surface area contributed by atoms with Gasteiger partial charge in [-0.1, -0.05) is 30.3 Å². The summed E-state index contributed by atoms with van der Waals surface area (Å²) in [5.74, 6) is 1.72. The third-order valence-corrected chi connectivity index (χ3v) is 4.97. The van der Waals surface area contributed by atoms with Crippen LogP contribution in [-0.4, -0.2) is 12.5 Å². The van der Waals surface area contributed by atoms with Gasteiger partial charge in [0.15, 0.2) is 0 Å². The van der Waals surface area contributed by atoms with Gasteiger partial charge in [-0.15, -0.1) is 0 Å². The largest absolute Gasteiger partial charge is 0.460 e. The lowest BCUT2D eigenvalue weighted by Crippen LogP contribution is -2.25. The number of rotatable bonds is 7. The number of amides is 1. The molecule has 0 spiro atoms. The molecule has 0 radical (unpaired) electrons. The zero-order valence-electron chi connectivity index (χ0n) is 14.8. The molecule has 1 aliphatic rings. The second-order valence-corrected chi connectivity index (χ2v) is 7.17. The quantitative estimate of drug-likeness (QED) is 0.633. The van der Waals surface area contributed by atoms with Crippen LogP contribution in [0.1, 0.15) is 36.1 Å². The number of nitrogens with two attached hydrogens (primary N) is 1. The molecule has 3 aromatic rings. The number of hydrogen-bond acceptors (Lipinski definition) is 3. The molecule has 26 heavy (non-hydrogen) atoms. The van der Waals surface area contributed by atoms with Crippen LogP contribution in [0.25, 0.3) is 11.0 Å². The number of fused-ring (bicyclic) bond motifs is 1. The van der Waals surface area contributed by atoms with Crippen molar-refractivity contribution in [2.24, 2.45) is 5.92 Å². The second kappa shape index (κ2) is 7.24. The number of furan rings is 1. The Morgan fingerprint density at radius 2 is 1.96 bits per heavy atom. The van der Waals surface area contributed by atoms with Crippen LogP contribution in [0.3, 0.4) is 0 Å². The molecule has 4 rings (SSSR count). The van der Waals surface area contributed by atoms with E-state index in [0.29, 0.717) is 18.9 Å². The van der Waals surface area contributed by atoms with Crippen LogP contribution in [0.4, 0.5) is 5.69 Å². The van der Waals surface area contributed by atoms with E-state index in [1.165, 1.54) is 18.4 Å². The molecule has 1 aliphatic carbocycles. The van der Waals surface area contributed by atoms with E-state index < -0.39 is 0 Å². The molecule has 1 amide bonds. The Kier molecular flexibility index (Phi) is 4.65. The van der Waals surface area contributed by atoms with E-state index in [1.54, 1.807) is 0 Å². The molecule has 0 aliphatic heterocycles. The highest BCUT2D eigenvalue weighted by Gasteiger charge is 2.24. The van der Waals surface area contributed by atoms with E-state index in [1.807, 2.05) is 36.4 Å². The highest BCUT2D eigenvalue weighted by atomic mass is 16.3. The molecule has 134 valence electrons. The van der Waals surface area contributed by atoms with Crippen molar-refractivity contribution in [2.75, 3.05) is 12.3 Å². The Labute approximate surface area is 153 Å². The predicted molar refractivity (Wildman–Crippen MR) is 104 cm³/mol. The second-order valence-electron chi connectivity index (χ2n) is 7.17. The molecule has 0 atom stereocenters. The fourth-order valence-corrected chi connectivity index (χ4v) is 3.40. The number of carbonyl (C=O) groups is 1. The van der Waals surface area contributed by atoms with Crippen LogP contribution < -0.4 is 11.1 Å². The lowest BCUT2D eigenvalue weighted by Gasteiger charge is -2.06. The van der Waals surface area contributed by atoms with Crippen LogP contribution in [0.5, 0.6) is 0 Å². The van der Waals surface area contributed by atoms with Crippen LogP contribution in [0.15, 0.2) is 52.9 Å². The monoisotopic (exact) mass is 348 g/mol. The van der Waals surface area contributed by atoms with Gasteiger partial charge in [0.25, 0.3) is 0 Å². The number of nitrogen functional groups attached to an aromatic ring is 1. The normalized spacial score (nSPS) is 13.8. The van der Waals surface area contributed by atoms with Crippen molar-refractivity contribution < 1.29 is 9.21 Å². The van der Waals surface area contributed by atoms with E-state index in [9.17, 15) is 4.79 Å². The Morgan fingerprint density at radius 3 is 2.73 bits per heavy atom. The van der Waals surface area contributed by atoms with E-state index >= 15 is 0 Å². The lowest BCUT2D eigenvalue weighted by molar-refractivity contribution is -0.121. The smallest absolute Gasteiger partial charge is 0.220 e. The van der Waals surface area contributed by atoms with Crippen LogP contribution in [0, 0.1) is 5.92 Å². The van der Waals surface area contributed by atoms with Gasteiger partial charge in [0, 0.05) is 36.0 Å². The summed E-state index contributed by atoms with van der Waals surface area (Å²) < 4.78 is 6.12. The van der Waals surface area contributed by atoms with Gasteiger partial charge in [-0.2, -0.15) is 0 Å². The van der Waals surface area contributed by atoms with Crippen LogP contribution >= 0.6 is 0 Å². The fourth-order valence-electron chi connectivity index (χ4n) is 3.40. The topological polar surface area (TPSA) is 68.3 Å². The Morgan fingerprint density at radius 1 is 1.15 bits per heavy atom. The summed E-state index contributed by atoms with van der Waals surface area (Å²) in [6.07, 6.45) is 4.53. The van der Waals surface area contributed by atoms with E-state index in [2.05, 4.69) is 17.4 Å². The first-order valence-corrected chi connectivity index (χ1v) is 9.29. The summed E-state index contributed by atoms with van der Waals surface area (Å²) in [4.78, 5) is 12.0. The first kappa shape index (κ1) is 16.7. The van der Waals surface area contributed by atoms with Crippen LogP contribution in [-0.2, 0) is 17.6 Å². The van der Waals surface area contributed by atoms with Gasteiger partial charge in [0.2, 0.25) is 5.91 Å². The minimum Gasteiger partial charge on any atom is -0.460 e. The molecule has 0 saturated heterocycles. The highest BCUT2D eigenvalue weighted by Crippen LogP contribution is 2.32. The first-order valence-electron chi connectivity index (χ1n) is 9.29. The summed E-state index contributed by atoms with van der Waals surface area (Å²) in [5, 5.41) is 4.10. The molecule has 3 N–H and O–H groups in total. The maximum atomic E-state index is 12.0.